The van der Waals surface area contributed by atoms with Crippen LogP contribution in [0.25, 0.3) is 0 Å². The number of rotatable bonds is 39. The second-order valence-corrected chi connectivity index (χ2v) is 19.6. The van der Waals surface area contributed by atoms with Crippen LogP contribution in [0.3, 0.4) is 0 Å². The molecule has 0 aliphatic carbocycles. The Morgan fingerprint density at radius 1 is 0.407 bits per heavy atom. The molecule has 4 N–H and O–H groups in total. The van der Waals surface area contributed by atoms with Gasteiger partial charge in [-0.3, -0.25) is 32.0 Å². The van der Waals surface area contributed by atoms with E-state index in [1.807, 2.05) is 0 Å². The van der Waals surface area contributed by atoms with Crippen molar-refractivity contribution in [3.8, 4) is 0 Å². The van der Waals surface area contributed by atoms with E-state index in [0.717, 1.165) is 5.54 Å². The molecule has 0 bridgehead atoms. The van der Waals surface area contributed by atoms with Crippen molar-refractivity contribution in [2.75, 3.05) is 106 Å². The van der Waals surface area contributed by atoms with Gasteiger partial charge in [0.25, 0.3) is 54.8 Å². The molecule has 9 atom stereocenters. The Hall–Kier alpha value is 0.510. The molecule has 31 nitrogen and oxygen atoms in total. The highest BCUT2D eigenvalue weighted by atomic mass is 31.2. The first-order valence-electron chi connectivity index (χ1n) is 15.2. The van der Waals surface area contributed by atoms with E-state index >= 15 is 0 Å². The van der Waals surface area contributed by atoms with E-state index in [9.17, 15) is 75.2 Å². The fourth-order valence-electron chi connectivity index (χ4n) is 2.87. The molecular formula is C19H42F2N2O29P7-7. The van der Waals surface area contributed by atoms with Gasteiger partial charge in [-0.05, 0) is 0 Å². The number of hydrogen-bond acceptors (Lipinski definition) is 30. The van der Waals surface area contributed by atoms with Crippen LogP contribution in [0, 0.1) is 11.8 Å². The largest absolute Gasteiger partial charge is 0.756 e. The van der Waals surface area contributed by atoms with E-state index in [4.69, 9.17) is 10.00 Å². The lowest BCUT2D eigenvalue weighted by Crippen LogP contribution is -2.27. The van der Waals surface area contributed by atoms with Gasteiger partial charge in [0.15, 0.2) is 0 Å². The van der Waals surface area contributed by atoms with Gasteiger partial charge in [0, 0.05) is 31.5 Å². The lowest BCUT2D eigenvalue weighted by Gasteiger charge is -2.27. The molecule has 358 valence electrons. The van der Waals surface area contributed by atoms with Crippen molar-refractivity contribution in [1.29, 1.82) is 0 Å². The summed E-state index contributed by atoms with van der Waals surface area (Å²) in [5.74, 6) is -2.22. The van der Waals surface area contributed by atoms with Gasteiger partial charge < -0.3 is 103 Å². The third kappa shape index (κ3) is 36.5. The summed E-state index contributed by atoms with van der Waals surface area (Å²) in [7, 11) is -36.2. The summed E-state index contributed by atoms with van der Waals surface area (Å²) < 4.78 is 161. The Balaban J connectivity index is 0. The van der Waals surface area contributed by atoms with Gasteiger partial charge in [-0.1, -0.05) is 7.43 Å². The van der Waals surface area contributed by atoms with Crippen molar-refractivity contribution in [1.82, 2.24) is 11.1 Å². The van der Waals surface area contributed by atoms with Gasteiger partial charge in [0.1, 0.15) is 0 Å². The van der Waals surface area contributed by atoms with Crippen LogP contribution in [0.2, 0.25) is 0 Å². The van der Waals surface area contributed by atoms with E-state index in [-0.39, 0.29) is 7.43 Å². The number of halogens is 2. The van der Waals surface area contributed by atoms with Crippen molar-refractivity contribution in [2.45, 2.75) is 7.43 Å². The first-order valence-corrected chi connectivity index (χ1v) is 25.5. The summed E-state index contributed by atoms with van der Waals surface area (Å²) in [5.41, 5.74) is 2.29. The number of hydrogen-bond donors (Lipinski definition) is 4. The highest BCUT2D eigenvalue weighted by Crippen LogP contribution is 2.44. The maximum absolute atomic E-state index is 12.3. The molecule has 0 aromatic heterocycles. The van der Waals surface area contributed by atoms with Gasteiger partial charge in [0.05, 0.1) is 85.9 Å². The predicted octanol–water partition coefficient (Wildman–Crippen LogP) is -3.72. The van der Waals surface area contributed by atoms with Gasteiger partial charge in [-0.25, -0.2) is 0 Å². The van der Waals surface area contributed by atoms with Crippen LogP contribution < -0.4 is 45.3 Å². The Labute approximate surface area is 334 Å². The maximum Gasteiger partial charge on any atom is 0.268 e. The summed E-state index contributed by atoms with van der Waals surface area (Å²) in [5, 5.41) is 8.94. The quantitative estimate of drug-likeness (QED) is 0.0261. The Morgan fingerprint density at radius 3 is 0.831 bits per heavy atom. The van der Waals surface area contributed by atoms with Crippen molar-refractivity contribution in [3.63, 3.8) is 0 Å². The predicted molar refractivity (Wildman–Crippen MR) is 172 cm³/mol. The van der Waals surface area contributed by atoms with Crippen molar-refractivity contribution in [2.24, 2.45) is 11.8 Å². The zero-order valence-corrected chi connectivity index (χ0v) is 35.5. The highest BCUT2D eigenvalue weighted by molar-refractivity contribution is 7.47. The topological polar surface area (TPSA) is 465 Å². The summed E-state index contributed by atoms with van der Waals surface area (Å²) in [4.78, 5) is 89.4. The van der Waals surface area contributed by atoms with Crippen LogP contribution in [-0.4, -0.2) is 116 Å². The van der Waals surface area contributed by atoms with Crippen LogP contribution in [0.1, 0.15) is 7.43 Å². The second-order valence-electron chi connectivity index (χ2n) is 9.96. The van der Waals surface area contributed by atoms with Crippen LogP contribution in [-0.2, 0) is 90.8 Å². The number of aliphatic hydroxyl groups is 1. The first-order chi connectivity index (χ1) is 26.7. The van der Waals surface area contributed by atoms with Crippen molar-refractivity contribution in [3.05, 3.63) is 0 Å². The van der Waals surface area contributed by atoms with Gasteiger partial charge in [0.2, 0.25) is 0 Å². The van der Waals surface area contributed by atoms with Crippen molar-refractivity contribution >= 4 is 54.8 Å². The Kier molecular flexibility index (Phi) is 32.0. The SMILES string of the molecule is C.O=P([O-])(O)OCC(CNF)COP(=O)([O-])OCCOP(=O)([O-])OCCOP(=O)([O-])OCCOP(=O)([O-])OCCOP(=O)([O-])OCCOP(=O)([O-])OCC(CO)CNF. The Morgan fingerprint density at radius 2 is 0.610 bits per heavy atom. The highest BCUT2D eigenvalue weighted by Gasteiger charge is 2.20. The van der Waals surface area contributed by atoms with Crippen LogP contribution >= 0.6 is 54.8 Å². The standard InChI is InChI=1S/C18H45F2N2O29P7.CH4/c19-21-11-17(13-23)14-50-57(35,36)47-9-7-45-55(31,32)43-5-3-41-53(27,28)39-1-2-40-54(29,30)42-4-6-44-56(33,34)46-8-10-48-58(37,38)51-16-18(12-22-20)15-49-52(24,25)26;/h17-18,21-23H,1-16H2,(H,27,28)(H,29,30)(H,31,32)(H,33,34)(H,35,36)(H,37,38)(H2,24,25,26);1H4/p-7. The number of phosphoric acid groups is 7. The van der Waals surface area contributed by atoms with Gasteiger partial charge in [-0.2, -0.15) is 11.1 Å². The van der Waals surface area contributed by atoms with E-state index in [2.05, 4.69) is 58.8 Å². The summed E-state index contributed by atoms with van der Waals surface area (Å²) in [6.07, 6.45) is 0. The molecule has 0 rings (SSSR count). The minimum Gasteiger partial charge on any atom is -0.756 e. The first kappa shape index (κ1) is 61.6. The zero-order valence-electron chi connectivity index (χ0n) is 29.3. The Bertz CT molecular complexity index is 1500. The number of aliphatic hydroxyl groups excluding tert-OH is 1. The zero-order chi connectivity index (χ0) is 44.6. The van der Waals surface area contributed by atoms with E-state index < -0.39 is 172 Å². The molecule has 0 saturated heterocycles. The molecule has 0 fully saturated rings. The smallest absolute Gasteiger partial charge is 0.268 e. The van der Waals surface area contributed by atoms with Crippen LogP contribution in [0.15, 0.2) is 0 Å². The molecule has 0 heterocycles. The molecule has 0 aliphatic heterocycles. The normalized spacial score (nSPS) is 20.3. The molecular weight excluding hydrogens is 975 g/mol. The molecule has 0 aliphatic rings. The fraction of sp³-hybridized carbons (Fsp3) is 1.00. The summed E-state index contributed by atoms with van der Waals surface area (Å²) >= 11 is 0. The lowest BCUT2D eigenvalue weighted by atomic mass is 10.2. The monoisotopic (exact) mass is 1020 g/mol. The van der Waals surface area contributed by atoms with Crippen LogP contribution in [0.4, 0.5) is 8.96 Å². The third-order valence-electron chi connectivity index (χ3n) is 5.31. The van der Waals surface area contributed by atoms with E-state index in [1.165, 1.54) is 5.54 Å². The third-order valence-corrected chi connectivity index (χ3v) is 11.7. The second kappa shape index (κ2) is 30.6. The maximum atomic E-state index is 12.3. The molecule has 0 amide bonds. The minimum atomic E-state index is -5.23. The molecule has 0 saturated carbocycles. The molecule has 0 aromatic rings. The van der Waals surface area contributed by atoms with E-state index in [0.29, 0.717) is 0 Å². The molecule has 9 unspecified atom stereocenters. The van der Waals surface area contributed by atoms with Crippen LogP contribution in [0.5, 0.6) is 0 Å². The average Bonchev–Trinajstić information content (AvgIpc) is 3.10. The summed E-state index contributed by atoms with van der Waals surface area (Å²) in [6.45, 7) is -14.1. The fourth-order valence-corrected chi connectivity index (χ4v) is 7.48. The number of phosphoric ester groups is 7. The molecule has 59 heavy (non-hydrogen) atoms. The van der Waals surface area contributed by atoms with Gasteiger partial charge in [-0.15, -0.1) is 8.96 Å². The van der Waals surface area contributed by atoms with Gasteiger partial charge >= 0.3 is 0 Å². The summed E-state index contributed by atoms with van der Waals surface area (Å²) in [6, 6.07) is 0. The molecule has 0 spiro atoms. The molecule has 40 heteroatoms. The average molecular weight is 1020 g/mol. The molecule has 0 radical (unpaired) electrons. The lowest BCUT2D eigenvalue weighted by molar-refractivity contribution is -0.238. The van der Waals surface area contributed by atoms with E-state index in [1.54, 1.807) is 0 Å². The molecule has 0 aromatic carbocycles. The minimum absolute atomic E-state index is 0. The van der Waals surface area contributed by atoms with Crippen molar-refractivity contribution < 1.29 is 144 Å². The number of nitrogens with one attached hydrogen (secondary N) is 2.